The molecule has 0 spiro atoms. The first kappa shape index (κ1) is 28.2. The molecule has 2 heterocycles. The van der Waals surface area contributed by atoms with E-state index in [1.54, 1.807) is 6.20 Å². The van der Waals surface area contributed by atoms with Gasteiger partial charge in [0, 0.05) is 42.2 Å². The van der Waals surface area contributed by atoms with Crippen LogP contribution in [0.25, 0.3) is 10.9 Å². The van der Waals surface area contributed by atoms with Gasteiger partial charge in [0.25, 0.3) is 0 Å². The number of aromatic amines is 1. The standard InChI is InChI=1S/C28H33N5O5S/c29-20(16-39)25(34)31-22(14-18-15-30-21-10-5-4-9-19(18)21)26(35)32-23(13-17-7-2-1-3-8-17)27(36)33-12-6-11-24(33)28(37)38/h1-5,7-10,15,20,22-24,30,39H,6,11-14,16,29H2,(H,31,34)(H,32,35)(H,37,38). The van der Waals surface area contributed by atoms with E-state index in [4.69, 9.17) is 5.73 Å². The number of carbonyl (C=O) groups excluding carboxylic acids is 3. The van der Waals surface area contributed by atoms with Crippen LogP contribution in [0.3, 0.4) is 0 Å². The molecular formula is C28H33N5O5S. The Morgan fingerprint density at radius 3 is 2.41 bits per heavy atom. The van der Waals surface area contributed by atoms with Gasteiger partial charge < -0.3 is 31.4 Å². The third-order valence-electron chi connectivity index (χ3n) is 6.98. The van der Waals surface area contributed by atoms with Crippen molar-refractivity contribution in [3.63, 3.8) is 0 Å². The highest BCUT2D eigenvalue weighted by molar-refractivity contribution is 7.80. The number of hydrogen-bond donors (Lipinski definition) is 6. The zero-order valence-corrected chi connectivity index (χ0v) is 22.3. The van der Waals surface area contributed by atoms with E-state index in [1.165, 1.54) is 4.90 Å². The molecule has 1 fully saturated rings. The van der Waals surface area contributed by atoms with Crippen molar-refractivity contribution in [2.75, 3.05) is 12.3 Å². The van der Waals surface area contributed by atoms with Crippen LogP contribution in [0.5, 0.6) is 0 Å². The van der Waals surface area contributed by atoms with E-state index in [2.05, 4.69) is 28.2 Å². The number of thiol groups is 1. The molecule has 6 N–H and O–H groups in total. The molecule has 1 aliphatic rings. The smallest absolute Gasteiger partial charge is 0.326 e. The Labute approximate surface area is 231 Å². The van der Waals surface area contributed by atoms with E-state index >= 15 is 0 Å². The van der Waals surface area contributed by atoms with Crippen molar-refractivity contribution < 1.29 is 24.3 Å². The maximum atomic E-state index is 13.7. The number of nitrogens with one attached hydrogen (secondary N) is 3. The normalized spacial score (nSPS) is 17.4. The lowest BCUT2D eigenvalue weighted by Crippen LogP contribution is -2.58. The second-order valence-corrected chi connectivity index (χ2v) is 10.1. The number of likely N-dealkylation sites (tertiary alicyclic amines) is 1. The molecule has 3 aromatic rings. The molecule has 4 atom stereocenters. The molecular weight excluding hydrogens is 518 g/mol. The molecule has 1 saturated heterocycles. The van der Waals surface area contributed by atoms with E-state index in [0.29, 0.717) is 19.4 Å². The second kappa shape index (κ2) is 12.8. The molecule has 10 nitrogen and oxygen atoms in total. The number of nitrogens with two attached hydrogens (primary N) is 1. The minimum absolute atomic E-state index is 0.0912. The molecule has 0 aliphatic carbocycles. The Hall–Kier alpha value is -3.83. The average molecular weight is 552 g/mol. The number of aliphatic carboxylic acids is 1. The molecule has 1 aromatic heterocycles. The molecule has 39 heavy (non-hydrogen) atoms. The highest BCUT2D eigenvalue weighted by Gasteiger charge is 2.38. The van der Waals surface area contributed by atoms with Crippen molar-refractivity contribution >= 4 is 47.2 Å². The van der Waals surface area contributed by atoms with Crippen LogP contribution >= 0.6 is 12.6 Å². The van der Waals surface area contributed by atoms with Crippen molar-refractivity contribution in [1.82, 2.24) is 20.5 Å². The number of carboxylic acids is 1. The molecule has 0 saturated carbocycles. The largest absolute Gasteiger partial charge is 0.480 e. The molecule has 4 rings (SSSR count). The first-order valence-corrected chi connectivity index (χ1v) is 13.5. The minimum atomic E-state index is -1.07. The number of nitrogens with zero attached hydrogens (tertiary/aromatic N) is 1. The maximum Gasteiger partial charge on any atom is 0.326 e. The van der Waals surface area contributed by atoms with Gasteiger partial charge in [-0.25, -0.2) is 4.79 Å². The number of fused-ring (bicyclic) bond motifs is 1. The summed E-state index contributed by atoms with van der Waals surface area (Å²) in [4.78, 5) is 56.3. The highest BCUT2D eigenvalue weighted by Crippen LogP contribution is 2.21. The molecule has 206 valence electrons. The van der Waals surface area contributed by atoms with Gasteiger partial charge in [-0.05, 0) is 30.0 Å². The van der Waals surface area contributed by atoms with Gasteiger partial charge in [0.1, 0.15) is 18.1 Å². The first-order valence-electron chi connectivity index (χ1n) is 12.9. The number of para-hydroxylation sites is 1. The number of benzene rings is 2. The molecule has 0 bridgehead atoms. The molecule has 11 heteroatoms. The summed E-state index contributed by atoms with van der Waals surface area (Å²) in [6, 6.07) is 12.8. The van der Waals surface area contributed by atoms with Gasteiger partial charge in [-0.2, -0.15) is 12.6 Å². The van der Waals surface area contributed by atoms with Gasteiger partial charge in [0.15, 0.2) is 0 Å². The fraction of sp³-hybridized carbons (Fsp3) is 0.357. The van der Waals surface area contributed by atoms with Gasteiger partial charge in [-0.1, -0.05) is 48.5 Å². The minimum Gasteiger partial charge on any atom is -0.480 e. The summed E-state index contributed by atoms with van der Waals surface area (Å²) in [5.74, 6) is -2.56. The van der Waals surface area contributed by atoms with E-state index in [0.717, 1.165) is 22.0 Å². The SMILES string of the molecule is NC(CS)C(=O)NC(Cc1c[nH]c2ccccc12)C(=O)NC(Cc1ccccc1)C(=O)N1CCCC1C(=O)O. The fourth-order valence-corrected chi connectivity index (χ4v) is 5.07. The van der Waals surface area contributed by atoms with Crippen LogP contribution in [-0.4, -0.2) is 75.1 Å². The van der Waals surface area contributed by atoms with Crippen molar-refractivity contribution in [1.29, 1.82) is 0 Å². The van der Waals surface area contributed by atoms with Gasteiger partial charge in [0.2, 0.25) is 17.7 Å². The van der Waals surface area contributed by atoms with Crippen LogP contribution in [0.15, 0.2) is 60.8 Å². The first-order chi connectivity index (χ1) is 18.8. The van der Waals surface area contributed by atoms with Gasteiger partial charge in [0.05, 0.1) is 6.04 Å². The lowest BCUT2D eigenvalue weighted by molar-refractivity contribution is -0.149. The number of hydrogen-bond acceptors (Lipinski definition) is 6. The van der Waals surface area contributed by atoms with E-state index < -0.39 is 47.9 Å². The molecule has 3 amide bonds. The Bertz CT molecular complexity index is 1330. The van der Waals surface area contributed by atoms with Crippen LogP contribution < -0.4 is 16.4 Å². The second-order valence-electron chi connectivity index (χ2n) is 9.69. The van der Waals surface area contributed by atoms with Crippen molar-refractivity contribution in [3.8, 4) is 0 Å². The Morgan fingerprint density at radius 1 is 1.00 bits per heavy atom. The summed E-state index contributed by atoms with van der Waals surface area (Å²) in [6.07, 6.45) is 3.01. The van der Waals surface area contributed by atoms with Crippen molar-refractivity contribution in [2.24, 2.45) is 5.73 Å². The van der Waals surface area contributed by atoms with Gasteiger partial charge in [-0.3, -0.25) is 14.4 Å². The van der Waals surface area contributed by atoms with Crippen LogP contribution in [0.4, 0.5) is 0 Å². The fourth-order valence-electron chi connectivity index (χ4n) is 4.90. The Balaban J connectivity index is 1.61. The Morgan fingerprint density at radius 2 is 1.69 bits per heavy atom. The number of carbonyl (C=O) groups is 4. The van der Waals surface area contributed by atoms with Gasteiger partial charge in [-0.15, -0.1) is 0 Å². The maximum absolute atomic E-state index is 13.7. The summed E-state index contributed by atoms with van der Waals surface area (Å²) in [5, 5.41) is 16.1. The lowest BCUT2D eigenvalue weighted by atomic mass is 10.0. The van der Waals surface area contributed by atoms with Crippen LogP contribution in [0.1, 0.15) is 24.0 Å². The summed E-state index contributed by atoms with van der Waals surface area (Å²) in [6.45, 7) is 0.295. The summed E-state index contributed by atoms with van der Waals surface area (Å²) in [7, 11) is 0. The molecule has 2 aromatic carbocycles. The summed E-state index contributed by atoms with van der Waals surface area (Å²) >= 11 is 4.09. The van der Waals surface area contributed by atoms with Crippen molar-refractivity contribution in [3.05, 3.63) is 71.9 Å². The molecule has 4 unspecified atom stereocenters. The monoisotopic (exact) mass is 551 g/mol. The van der Waals surface area contributed by atoms with Crippen molar-refractivity contribution in [2.45, 2.75) is 49.9 Å². The zero-order valence-electron chi connectivity index (χ0n) is 21.4. The third-order valence-corrected chi connectivity index (χ3v) is 7.38. The van der Waals surface area contributed by atoms with E-state index in [9.17, 15) is 24.3 Å². The number of amides is 3. The molecule has 0 radical (unpaired) electrons. The lowest BCUT2D eigenvalue weighted by Gasteiger charge is -2.29. The van der Waals surface area contributed by atoms with E-state index in [1.807, 2.05) is 54.6 Å². The third kappa shape index (κ3) is 6.79. The zero-order chi connectivity index (χ0) is 27.9. The van der Waals surface area contributed by atoms with Crippen LogP contribution in [0, 0.1) is 0 Å². The number of H-pyrrole nitrogens is 1. The summed E-state index contributed by atoms with van der Waals surface area (Å²) in [5.41, 5.74) is 8.36. The predicted molar refractivity (Wildman–Crippen MR) is 150 cm³/mol. The topological polar surface area (TPSA) is 158 Å². The highest BCUT2D eigenvalue weighted by atomic mass is 32.1. The number of carboxylic acid groups (broad SMARTS) is 1. The molecule has 1 aliphatic heterocycles. The van der Waals surface area contributed by atoms with Gasteiger partial charge >= 0.3 is 5.97 Å². The van der Waals surface area contributed by atoms with Crippen LogP contribution in [-0.2, 0) is 32.0 Å². The predicted octanol–water partition coefficient (Wildman–Crippen LogP) is 1.26. The van der Waals surface area contributed by atoms with Crippen LogP contribution in [0.2, 0.25) is 0 Å². The number of aromatic nitrogens is 1. The quantitative estimate of drug-likeness (QED) is 0.197. The summed E-state index contributed by atoms with van der Waals surface area (Å²) < 4.78 is 0. The number of rotatable bonds is 11. The Kier molecular flexibility index (Phi) is 9.26. The van der Waals surface area contributed by atoms with E-state index in [-0.39, 0.29) is 18.6 Å². The average Bonchev–Trinajstić information content (AvgIpc) is 3.60.